The largest absolute Gasteiger partial charge is 0.369 e. The summed E-state index contributed by atoms with van der Waals surface area (Å²) in [5, 5.41) is 0.883. The molecule has 1 heterocycles. The van der Waals surface area contributed by atoms with Crippen LogP contribution in [0.3, 0.4) is 0 Å². The van der Waals surface area contributed by atoms with Crippen LogP contribution >= 0.6 is 23.2 Å². The van der Waals surface area contributed by atoms with Crippen molar-refractivity contribution in [2.24, 2.45) is 4.99 Å². The monoisotopic (exact) mass is 342 g/mol. The standard InChI is InChI=1S/C14H13Cl2FN4O/c1-20(2)8-18-13-12(17)7-21(14(22)19-13)6-9-3-4-10(15)5-11(9)16/h3-5,7-8H,6H2,1-2H3/b18-8+. The summed E-state index contributed by atoms with van der Waals surface area (Å²) in [6.45, 7) is 0.0937. The first kappa shape index (κ1) is 16.5. The van der Waals surface area contributed by atoms with E-state index in [4.69, 9.17) is 23.2 Å². The molecule has 0 atom stereocenters. The van der Waals surface area contributed by atoms with Gasteiger partial charge in [0.05, 0.1) is 12.9 Å². The second kappa shape index (κ2) is 6.89. The van der Waals surface area contributed by atoms with Crippen LogP contribution in [0.1, 0.15) is 5.56 Å². The van der Waals surface area contributed by atoms with Crippen LogP contribution in [0.4, 0.5) is 10.2 Å². The van der Waals surface area contributed by atoms with Crippen LogP contribution < -0.4 is 5.69 Å². The minimum absolute atomic E-state index is 0.0937. The van der Waals surface area contributed by atoms with E-state index in [-0.39, 0.29) is 12.4 Å². The highest BCUT2D eigenvalue weighted by Crippen LogP contribution is 2.21. The molecule has 8 heteroatoms. The Morgan fingerprint density at radius 2 is 2.14 bits per heavy atom. The van der Waals surface area contributed by atoms with Gasteiger partial charge in [0.15, 0.2) is 11.6 Å². The Hall–Kier alpha value is -1.92. The number of halogens is 3. The quantitative estimate of drug-likeness (QED) is 0.634. The molecule has 22 heavy (non-hydrogen) atoms. The summed E-state index contributed by atoms with van der Waals surface area (Å²) < 4.78 is 15.1. The lowest BCUT2D eigenvalue weighted by Gasteiger charge is -2.08. The van der Waals surface area contributed by atoms with Gasteiger partial charge in [-0.2, -0.15) is 4.98 Å². The van der Waals surface area contributed by atoms with Gasteiger partial charge in [-0.3, -0.25) is 4.57 Å². The minimum Gasteiger partial charge on any atom is -0.369 e. The number of nitrogens with zero attached hydrogens (tertiary/aromatic N) is 4. The van der Waals surface area contributed by atoms with Gasteiger partial charge in [-0.25, -0.2) is 14.2 Å². The molecule has 2 rings (SSSR count). The Kier molecular flexibility index (Phi) is 5.15. The molecule has 2 aromatic rings. The van der Waals surface area contributed by atoms with Crippen molar-refractivity contribution in [2.75, 3.05) is 14.1 Å². The lowest BCUT2D eigenvalue weighted by atomic mass is 10.2. The third-order valence-electron chi connectivity index (χ3n) is 2.70. The van der Waals surface area contributed by atoms with Gasteiger partial charge in [-0.05, 0) is 17.7 Å². The summed E-state index contributed by atoms with van der Waals surface area (Å²) in [4.78, 5) is 21.0. The summed E-state index contributed by atoms with van der Waals surface area (Å²) in [5.41, 5.74) is 0.0252. The predicted molar refractivity (Wildman–Crippen MR) is 85.9 cm³/mol. The first-order valence-electron chi connectivity index (χ1n) is 6.28. The molecule has 0 spiro atoms. The van der Waals surface area contributed by atoms with Crippen LogP contribution in [0.2, 0.25) is 10.0 Å². The Labute approximate surface area is 136 Å². The molecule has 0 fully saturated rings. The van der Waals surface area contributed by atoms with E-state index in [1.807, 2.05) is 0 Å². The molecule has 0 amide bonds. The highest BCUT2D eigenvalue weighted by atomic mass is 35.5. The van der Waals surface area contributed by atoms with Crippen LogP contribution in [0.25, 0.3) is 0 Å². The van der Waals surface area contributed by atoms with Crippen molar-refractivity contribution in [2.45, 2.75) is 6.54 Å². The van der Waals surface area contributed by atoms with E-state index < -0.39 is 11.5 Å². The van der Waals surface area contributed by atoms with Crippen LogP contribution in [0.5, 0.6) is 0 Å². The van der Waals surface area contributed by atoms with Gasteiger partial charge in [0.25, 0.3) is 0 Å². The first-order valence-corrected chi connectivity index (χ1v) is 7.04. The Morgan fingerprint density at radius 3 is 2.77 bits per heavy atom. The second-order valence-corrected chi connectivity index (χ2v) is 5.61. The fourth-order valence-corrected chi connectivity index (χ4v) is 2.13. The maximum absolute atomic E-state index is 13.9. The van der Waals surface area contributed by atoms with Crippen LogP contribution in [-0.2, 0) is 6.54 Å². The lowest BCUT2D eigenvalue weighted by molar-refractivity contribution is 0.581. The molecular weight excluding hydrogens is 330 g/mol. The molecule has 0 aliphatic heterocycles. The number of aromatic nitrogens is 2. The normalized spacial score (nSPS) is 11.1. The average Bonchev–Trinajstić information content (AvgIpc) is 2.43. The minimum atomic E-state index is -0.692. The van der Waals surface area contributed by atoms with Crippen molar-refractivity contribution in [3.8, 4) is 0 Å². The van der Waals surface area contributed by atoms with Crippen LogP contribution in [0.15, 0.2) is 34.2 Å². The maximum atomic E-state index is 13.9. The zero-order valence-electron chi connectivity index (χ0n) is 11.9. The maximum Gasteiger partial charge on any atom is 0.350 e. The fraction of sp³-hybridized carbons (Fsp3) is 0.214. The zero-order valence-corrected chi connectivity index (χ0v) is 13.4. The molecule has 116 valence electrons. The zero-order chi connectivity index (χ0) is 16.3. The summed E-state index contributed by atoms with van der Waals surface area (Å²) in [5.74, 6) is -0.945. The third kappa shape index (κ3) is 4.05. The molecule has 0 saturated heterocycles. The van der Waals surface area contributed by atoms with Gasteiger partial charge >= 0.3 is 5.69 Å². The highest BCUT2D eigenvalue weighted by Gasteiger charge is 2.09. The fourth-order valence-electron chi connectivity index (χ4n) is 1.67. The Balaban J connectivity index is 2.33. The highest BCUT2D eigenvalue weighted by molar-refractivity contribution is 6.35. The molecule has 0 N–H and O–H groups in total. The second-order valence-electron chi connectivity index (χ2n) is 4.77. The van der Waals surface area contributed by atoms with Crippen LogP contribution in [0, 0.1) is 5.82 Å². The molecular formula is C14H13Cl2FN4O. The van der Waals surface area contributed by atoms with Gasteiger partial charge in [0, 0.05) is 30.3 Å². The molecule has 0 bridgehead atoms. The molecule has 0 unspecified atom stereocenters. The predicted octanol–water partition coefficient (Wildman–Crippen LogP) is 2.96. The van der Waals surface area contributed by atoms with E-state index in [1.165, 1.54) is 6.34 Å². The van der Waals surface area contributed by atoms with Crippen molar-refractivity contribution >= 4 is 35.4 Å². The molecule has 0 radical (unpaired) electrons. The summed E-state index contributed by atoms with van der Waals surface area (Å²) >= 11 is 11.9. The van der Waals surface area contributed by atoms with Gasteiger partial charge in [0.2, 0.25) is 0 Å². The van der Waals surface area contributed by atoms with Gasteiger partial charge in [0.1, 0.15) is 0 Å². The number of benzene rings is 1. The summed E-state index contributed by atoms with van der Waals surface area (Å²) in [6.07, 6.45) is 2.42. The van der Waals surface area contributed by atoms with Gasteiger partial charge in [-0.15, -0.1) is 0 Å². The van der Waals surface area contributed by atoms with Crippen molar-refractivity contribution in [1.29, 1.82) is 0 Å². The van der Waals surface area contributed by atoms with E-state index in [2.05, 4.69) is 9.98 Å². The van der Waals surface area contributed by atoms with E-state index in [0.29, 0.717) is 15.6 Å². The number of rotatable bonds is 4. The Bertz CT molecular complexity index is 774. The van der Waals surface area contributed by atoms with Crippen LogP contribution in [-0.4, -0.2) is 34.9 Å². The SMILES string of the molecule is CN(C)/C=N/c1nc(=O)n(Cc2ccc(Cl)cc2Cl)cc1F. The molecule has 0 aliphatic carbocycles. The molecule has 1 aromatic carbocycles. The summed E-state index contributed by atoms with van der Waals surface area (Å²) in [6, 6.07) is 4.88. The van der Waals surface area contributed by atoms with Crippen molar-refractivity contribution < 1.29 is 4.39 Å². The van der Waals surface area contributed by atoms with E-state index in [1.54, 1.807) is 37.2 Å². The van der Waals surface area contributed by atoms with Crippen molar-refractivity contribution in [1.82, 2.24) is 14.5 Å². The number of hydrogen-bond donors (Lipinski definition) is 0. The van der Waals surface area contributed by atoms with Crippen molar-refractivity contribution in [3.63, 3.8) is 0 Å². The molecule has 1 aromatic heterocycles. The Morgan fingerprint density at radius 1 is 1.41 bits per heavy atom. The van der Waals surface area contributed by atoms with E-state index in [0.717, 1.165) is 10.8 Å². The smallest absolute Gasteiger partial charge is 0.350 e. The van der Waals surface area contributed by atoms with Gasteiger partial charge in [-0.1, -0.05) is 29.3 Å². The topological polar surface area (TPSA) is 50.5 Å². The van der Waals surface area contributed by atoms with Crippen molar-refractivity contribution in [3.05, 3.63) is 56.3 Å². The summed E-state index contributed by atoms with van der Waals surface area (Å²) in [7, 11) is 3.45. The molecule has 5 nitrogen and oxygen atoms in total. The van der Waals surface area contributed by atoms with Gasteiger partial charge < -0.3 is 4.90 Å². The van der Waals surface area contributed by atoms with E-state index >= 15 is 0 Å². The van der Waals surface area contributed by atoms with E-state index in [9.17, 15) is 9.18 Å². The molecule has 0 aliphatic rings. The number of aliphatic imine (C=N–C) groups is 1. The lowest BCUT2D eigenvalue weighted by Crippen LogP contribution is -2.23. The first-order chi connectivity index (χ1) is 10.4. The average molecular weight is 343 g/mol. The number of hydrogen-bond acceptors (Lipinski definition) is 3. The third-order valence-corrected chi connectivity index (χ3v) is 3.28. The molecule has 0 saturated carbocycles.